The summed E-state index contributed by atoms with van der Waals surface area (Å²) in [5.41, 5.74) is 1.45. The summed E-state index contributed by atoms with van der Waals surface area (Å²) in [4.78, 5) is 52.1. The lowest BCUT2D eigenvalue weighted by molar-refractivity contribution is -0.121. The van der Waals surface area contributed by atoms with Crippen molar-refractivity contribution in [3.63, 3.8) is 0 Å². The summed E-state index contributed by atoms with van der Waals surface area (Å²) >= 11 is 0. The Hall–Kier alpha value is -4.90. The first-order chi connectivity index (χ1) is 20.9. The second-order valence-electron chi connectivity index (χ2n) is 9.87. The monoisotopic (exact) mass is 588 g/mol. The van der Waals surface area contributed by atoms with Crippen LogP contribution >= 0.6 is 0 Å². The predicted octanol–water partition coefficient (Wildman–Crippen LogP) is 2.35. The second kappa shape index (κ2) is 14.8. The molecule has 226 valence electrons. The van der Waals surface area contributed by atoms with E-state index in [2.05, 4.69) is 10.6 Å². The SMILES string of the molecule is COCCCNC(=O)Cn1c(=O)n(Cc2ccc(C(=O)NCCc3ccc(OC)c(OC)c3)cc2)c(=O)c2ccccc21. The zero-order chi connectivity index (χ0) is 30.8. The minimum atomic E-state index is -0.590. The molecule has 0 atom stereocenters. The largest absolute Gasteiger partial charge is 0.493 e. The molecule has 11 nitrogen and oxygen atoms in total. The number of amides is 2. The molecule has 0 saturated carbocycles. The number of hydrogen-bond donors (Lipinski definition) is 2. The third-order valence-corrected chi connectivity index (χ3v) is 6.99. The van der Waals surface area contributed by atoms with Gasteiger partial charge in [-0.3, -0.25) is 23.5 Å². The Balaban J connectivity index is 1.45. The average molecular weight is 589 g/mol. The van der Waals surface area contributed by atoms with Gasteiger partial charge in [-0.25, -0.2) is 4.79 Å². The van der Waals surface area contributed by atoms with E-state index in [0.717, 1.165) is 10.1 Å². The molecule has 2 amide bonds. The van der Waals surface area contributed by atoms with Crippen molar-refractivity contribution in [3.8, 4) is 11.5 Å². The number of aromatic nitrogens is 2. The van der Waals surface area contributed by atoms with Gasteiger partial charge in [0, 0.05) is 32.4 Å². The summed E-state index contributed by atoms with van der Waals surface area (Å²) in [6.45, 7) is 1.10. The fourth-order valence-corrected chi connectivity index (χ4v) is 4.71. The number of carbonyl (C=O) groups is 2. The summed E-state index contributed by atoms with van der Waals surface area (Å²) in [5.74, 6) is 0.684. The fraction of sp³-hybridized carbons (Fsp3) is 0.312. The molecule has 2 N–H and O–H groups in total. The van der Waals surface area contributed by atoms with E-state index in [4.69, 9.17) is 14.2 Å². The molecule has 4 aromatic rings. The van der Waals surface area contributed by atoms with Gasteiger partial charge >= 0.3 is 5.69 Å². The molecule has 0 aliphatic rings. The molecule has 1 aromatic heterocycles. The summed E-state index contributed by atoms with van der Waals surface area (Å²) < 4.78 is 18.0. The first-order valence-electron chi connectivity index (χ1n) is 13.9. The maximum absolute atomic E-state index is 13.5. The Morgan fingerprint density at radius 3 is 2.23 bits per heavy atom. The van der Waals surface area contributed by atoms with E-state index >= 15 is 0 Å². The molecule has 0 aliphatic carbocycles. The number of fused-ring (bicyclic) bond motifs is 1. The lowest BCUT2D eigenvalue weighted by Crippen LogP contribution is -2.43. The highest BCUT2D eigenvalue weighted by Crippen LogP contribution is 2.27. The van der Waals surface area contributed by atoms with Crippen molar-refractivity contribution in [2.75, 3.05) is 41.0 Å². The maximum atomic E-state index is 13.5. The molecule has 11 heteroatoms. The lowest BCUT2D eigenvalue weighted by atomic mass is 10.1. The van der Waals surface area contributed by atoms with Crippen molar-refractivity contribution in [2.45, 2.75) is 25.9 Å². The molecule has 0 radical (unpaired) electrons. The van der Waals surface area contributed by atoms with Crippen LogP contribution in [0.5, 0.6) is 11.5 Å². The van der Waals surface area contributed by atoms with E-state index in [1.165, 1.54) is 4.57 Å². The maximum Gasteiger partial charge on any atom is 0.332 e. The van der Waals surface area contributed by atoms with Crippen LogP contribution in [0, 0.1) is 0 Å². The van der Waals surface area contributed by atoms with E-state index < -0.39 is 11.2 Å². The van der Waals surface area contributed by atoms with E-state index in [-0.39, 0.29) is 24.9 Å². The van der Waals surface area contributed by atoms with Crippen LogP contribution < -0.4 is 31.4 Å². The van der Waals surface area contributed by atoms with Gasteiger partial charge in [-0.2, -0.15) is 0 Å². The van der Waals surface area contributed by atoms with Gasteiger partial charge in [0.1, 0.15) is 6.54 Å². The van der Waals surface area contributed by atoms with E-state index in [9.17, 15) is 19.2 Å². The van der Waals surface area contributed by atoms with Crippen LogP contribution in [0.1, 0.15) is 27.9 Å². The smallest absolute Gasteiger partial charge is 0.332 e. The van der Waals surface area contributed by atoms with Crippen molar-refractivity contribution < 1.29 is 23.8 Å². The summed E-state index contributed by atoms with van der Waals surface area (Å²) in [6.07, 6.45) is 1.25. The highest BCUT2D eigenvalue weighted by atomic mass is 16.5. The molecule has 0 unspecified atom stereocenters. The minimum absolute atomic E-state index is 0.0147. The highest BCUT2D eigenvalue weighted by Gasteiger charge is 2.16. The third kappa shape index (κ3) is 7.69. The van der Waals surface area contributed by atoms with Crippen molar-refractivity contribution in [3.05, 3.63) is 104 Å². The Kier molecular flexibility index (Phi) is 10.7. The van der Waals surface area contributed by atoms with E-state index in [1.54, 1.807) is 69.9 Å². The van der Waals surface area contributed by atoms with Crippen LogP contribution in [-0.2, 0) is 29.0 Å². The van der Waals surface area contributed by atoms with Crippen molar-refractivity contribution in [1.82, 2.24) is 19.8 Å². The fourth-order valence-electron chi connectivity index (χ4n) is 4.71. The lowest BCUT2D eigenvalue weighted by Gasteiger charge is -2.14. The van der Waals surface area contributed by atoms with Crippen LogP contribution in [0.4, 0.5) is 0 Å². The Labute approximate surface area is 249 Å². The van der Waals surface area contributed by atoms with Gasteiger partial charge < -0.3 is 24.8 Å². The van der Waals surface area contributed by atoms with Crippen molar-refractivity contribution in [2.24, 2.45) is 0 Å². The van der Waals surface area contributed by atoms with Crippen LogP contribution in [0.2, 0.25) is 0 Å². The molecule has 0 spiro atoms. The van der Waals surface area contributed by atoms with Crippen LogP contribution in [0.15, 0.2) is 76.3 Å². The number of rotatable bonds is 14. The van der Waals surface area contributed by atoms with Crippen molar-refractivity contribution in [1.29, 1.82) is 0 Å². The van der Waals surface area contributed by atoms with E-state index in [1.807, 2.05) is 18.2 Å². The number of benzene rings is 3. The number of nitrogens with zero attached hydrogens (tertiary/aromatic N) is 2. The molecule has 1 heterocycles. The Morgan fingerprint density at radius 2 is 1.51 bits per heavy atom. The highest BCUT2D eigenvalue weighted by molar-refractivity contribution is 5.94. The Bertz CT molecular complexity index is 1690. The second-order valence-corrected chi connectivity index (χ2v) is 9.87. The number of para-hydroxylation sites is 1. The van der Waals surface area contributed by atoms with Crippen LogP contribution in [0.25, 0.3) is 10.9 Å². The van der Waals surface area contributed by atoms with Gasteiger partial charge in [0.25, 0.3) is 11.5 Å². The Morgan fingerprint density at radius 1 is 0.791 bits per heavy atom. The normalized spacial score (nSPS) is 10.9. The molecule has 0 aliphatic heterocycles. The van der Waals surface area contributed by atoms with Gasteiger partial charge in [0.15, 0.2) is 11.5 Å². The molecular formula is C32H36N4O7. The first kappa shape index (κ1) is 31.0. The zero-order valence-corrected chi connectivity index (χ0v) is 24.6. The number of nitrogens with one attached hydrogen (secondary N) is 2. The summed E-state index contributed by atoms with van der Waals surface area (Å²) in [6, 6.07) is 19.0. The predicted molar refractivity (Wildman–Crippen MR) is 163 cm³/mol. The van der Waals surface area contributed by atoms with Gasteiger partial charge in [-0.05, 0) is 60.4 Å². The average Bonchev–Trinajstić information content (AvgIpc) is 3.03. The minimum Gasteiger partial charge on any atom is -0.493 e. The number of carbonyl (C=O) groups excluding carboxylic acids is 2. The molecule has 0 bridgehead atoms. The molecule has 0 saturated heterocycles. The molecule has 0 fully saturated rings. The topological polar surface area (TPSA) is 130 Å². The number of methoxy groups -OCH3 is 3. The molecule has 3 aromatic carbocycles. The van der Waals surface area contributed by atoms with Crippen LogP contribution in [-0.4, -0.2) is 62.0 Å². The molecule has 43 heavy (non-hydrogen) atoms. The summed E-state index contributed by atoms with van der Waals surface area (Å²) in [7, 11) is 4.74. The van der Waals surface area contributed by atoms with Crippen molar-refractivity contribution >= 4 is 22.7 Å². The standard InChI is InChI=1S/C32H36N4O7/c1-41-18-6-16-33-29(37)21-35-26-8-5-4-7-25(26)31(39)36(32(35)40)20-23-9-12-24(13-10-23)30(38)34-17-15-22-11-14-27(42-2)28(19-22)43-3/h4-5,7-14,19H,6,15-18,20-21H2,1-3H3,(H,33,37)(H,34,38). The summed E-state index contributed by atoms with van der Waals surface area (Å²) in [5, 5.41) is 6.01. The molecular weight excluding hydrogens is 552 g/mol. The first-order valence-corrected chi connectivity index (χ1v) is 13.9. The number of hydrogen-bond acceptors (Lipinski definition) is 7. The van der Waals surface area contributed by atoms with Gasteiger partial charge in [0.05, 0.1) is 31.7 Å². The third-order valence-electron chi connectivity index (χ3n) is 6.99. The quantitative estimate of drug-likeness (QED) is 0.216. The number of ether oxygens (including phenoxy) is 3. The van der Waals surface area contributed by atoms with Crippen LogP contribution in [0.3, 0.4) is 0 Å². The van der Waals surface area contributed by atoms with Gasteiger partial charge in [-0.1, -0.05) is 30.3 Å². The van der Waals surface area contributed by atoms with Gasteiger partial charge in [0.2, 0.25) is 5.91 Å². The zero-order valence-electron chi connectivity index (χ0n) is 24.6. The van der Waals surface area contributed by atoms with Gasteiger partial charge in [-0.15, -0.1) is 0 Å². The van der Waals surface area contributed by atoms with E-state index in [0.29, 0.717) is 66.1 Å². The molecule has 4 rings (SSSR count).